The molecule has 0 aliphatic heterocycles. The van der Waals surface area contributed by atoms with Gasteiger partial charge in [0, 0.05) is 0 Å². The Kier molecular flexibility index (Phi) is 4.32. The molecule has 1 aromatic carbocycles. The fraction of sp³-hybridized carbons (Fsp3) is 0.273. The molecule has 1 aromatic rings. The van der Waals surface area contributed by atoms with E-state index >= 15 is 0 Å². The molecule has 0 aliphatic rings. The Morgan fingerprint density at radius 3 is 3.00 bits per heavy atom. The molecule has 0 fully saturated rings. The normalized spacial score (nSPS) is 9.53. The number of nitriles is 1. The third-order valence-electron chi connectivity index (χ3n) is 1.79. The smallest absolute Gasteiger partial charge is 0.305 e. The molecule has 0 unspecified atom stereocenters. The van der Waals surface area contributed by atoms with Gasteiger partial charge in [0.25, 0.3) is 0 Å². The second-order valence-corrected chi connectivity index (χ2v) is 3.01. The SMILES string of the molecule is N#Cc1cccc(COCCC(=O)O)c1. The van der Waals surface area contributed by atoms with Crippen molar-refractivity contribution in [2.45, 2.75) is 13.0 Å². The predicted molar refractivity (Wildman–Crippen MR) is 53.1 cm³/mol. The van der Waals surface area contributed by atoms with E-state index in [9.17, 15) is 4.79 Å². The molecule has 0 spiro atoms. The number of nitrogens with zero attached hydrogens (tertiary/aromatic N) is 1. The van der Waals surface area contributed by atoms with Crippen molar-refractivity contribution in [3.8, 4) is 6.07 Å². The van der Waals surface area contributed by atoms with Crippen LogP contribution in [-0.4, -0.2) is 17.7 Å². The summed E-state index contributed by atoms with van der Waals surface area (Å²) >= 11 is 0. The van der Waals surface area contributed by atoms with E-state index in [2.05, 4.69) is 0 Å². The Bertz CT molecular complexity index is 382. The van der Waals surface area contributed by atoms with E-state index < -0.39 is 5.97 Å². The quantitative estimate of drug-likeness (QED) is 0.740. The molecule has 1 rings (SSSR count). The summed E-state index contributed by atoms with van der Waals surface area (Å²) in [6, 6.07) is 9.07. The first-order valence-corrected chi connectivity index (χ1v) is 4.51. The van der Waals surface area contributed by atoms with Crippen LogP contribution in [0.5, 0.6) is 0 Å². The number of carboxylic acids is 1. The number of carboxylic acid groups (broad SMARTS) is 1. The van der Waals surface area contributed by atoms with Gasteiger partial charge < -0.3 is 9.84 Å². The predicted octanol–water partition coefficient (Wildman–Crippen LogP) is 1.55. The highest BCUT2D eigenvalue weighted by Gasteiger charge is 1.98. The first-order chi connectivity index (χ1) is 7.22. The Morgan fingerprint density at radius 2 is 2.33 bits per heavy atom. The lowest BCUT2D eigenvalue weighted by Gasteiger charge is -2.02. The van der Waals surface area contributed by atoms with Crippen LogP contribution in [0.2, 0.25) is 0 Å². The maximum absolute atomic E-state index is 10.2. The highest BCUT2D eigenvalue weighted by molar-refractivity contribution is 5.66. The lowest BCUT2D eigenvalue weighted by molar-refractivity contribution is -0.138. The van der Waals surface area contributed by atoms with Gasteiger partial charge in [-0.05, 0) is 17.7 Å². The van der Waals surface area contributed by atoms with Crippen LogP contribution in [0.25, 0.3) is 0 Å². The van der Waals surface area contributed by atoms with Crippen LogP contribution in [0.1, 0.15) is 17.5 Å². The van der Waals surface area contributed by atoms with E-state index in [0.29, 0.717) is 12.2 Å². The number of benzene rings is 1. The molecule has 0 saturated carbocycles. The Labute approximate surface area is 87.7 Å². The van der Waals surface area contributed by atoms with Crippen LogP contribution in [-0.2, 0) is 16.1 Å². The second-order valence-electron chi connectivity index (χ2n) is 3.01. The third-order valence-corrected chi connectivity index (χ3v) is 1.79. The summed E-state index contributed by atoms with van der Waals surface area (Å²) < 4.78 is 5.14. The molecule has 0 aliphatic carbocycles. The first kappa shape index (κ1) is 11.2. The van der Waals surface area contributed by atoms with Gasteiger partial charge in [-0.25, -0.2) is 0 Å². The van der Waals surface area contributed by atoms with Gasteiger partial charge >= 0.3 is 5.97 Å². The topological polar surface area (TPSA) is 70.3 Å². The zero-order valence-electron chi connectivity index (χ0n) is 8.14. The molecule has 0 radical (unpaired) electrons. The van der Waals surface area contributed by atoms with E-state index in [-0.39, 0.29) is 13.0 Å². The monoisotopic (exact) mass is 205 g/mol. The molecule has 0 aromatic heterocycles. The van der Waals surface area contributed by atoms with Crippen molar-refractivity contribution >= 4 is 5.97 Å². The Hall–Kier alpha value is -1.86. The van der Waals surface area contributed by atoms with Crippen molar-refractivity contribution in [2.75, 3.05) is 6.61 Å². The highest BCUT2D eigenvalue weighted by atomic mass is 16.5. The molecule has 4 nitrogen and oxygen atoms in total. The standard InChI is InChI=1S/C11H11NO3/c12-7-9-2-1-3-10(6-9)8-15-5-4-11(13)14/h1-3,6H,4-5,8H2,(H,13,14). The summed E-state index contributed by atoms with van der Waals surface area (Å²) in [4.78, 5) is 10.2. The van der Waals surface area contributed by atoms with Gasteiger partial charge in [-0.3, -0.25) is 4.79 Å². The lowest BCUT2D eigenvalue weighted by Crippen LogP contribution is -2.02. The van der Waals surface area contributed by atoms with Crippen molar-refractivity contribution in [3.05, 3.63) is 35.4 Å². The summed E-state index contributed by atoms with van der Waals surface area (Å²) in [5, 5.41) is 17.0. The van der Waals surface area contributed by atoms with E-state index in [1.807, 2.05) is 12.1 Å². The van der Waals surface area contributed by atoms with Crippen molar-refractivity contribution < 1.29 is 14.6 Å². The van der Waals surface area contributed by atoms with Crippen LogP contribution in [0.4, 0.5) is 0 Å². The minimum absolute atomic E-state index is 0.00204. The van der Waals surface area contributed by atoms with Crippen molar-refractivity contribution in [1.29, 1.82) is 5.26 Å². The minimum Gasteiger partial charge on any atom is -0.481 e. The van der Waals surface area contributed by atoms with E-state index in [1.165, 1.54) is 0 Å². The van der Waals surface area contributed by atoms with Crippen LogP contribution in [0.15, 0.2) is 24.3 Å². The third kappa shape index (κ3) is 4.25. The average molecular weight is 205 g/mol. The number of ether oxygens (including phenoxy) is 1. The average Bonchev–Trinajstić information content (AvgIpc) is 2.24. The number of hydrogen-bond donors (Lipinski definition) is 1. The molecule has 15 heavy (non-hydrogen) atoms. The summed E-state index contributed by atoms with van der Waals surface area (Å²) in [5.41, 5.74) is 1.45. The minimum atomic E-state index is -0.874. The van der Waals surface area contributed by atoms with Gasteiger partial charge in [0.15, 0.2) is 0 Å². The van der Waals surface area contributed by atoms with Gasteiger partial charge in [-0.15, -0.1) is 0 Å². The van der Waals surface area contributed by atoms with Gasteiger partial charge in [-0.2, -0.15) is 5.26 Å². The number of rotatable bonds is 5. The maximum Gasteiger partial charge on any atom is 0.305 e. The molecule has 0 atom stereocenters. The summed E-state index contributed by atoms with van der Waals surface area (Å²) in [6.07, 6.45) is -0.00204. The molecule has 0 amide bonds. The van der Waals surface area contributed by atoms with Crippen LogP contribution in [0.3, 0.4) is 0 Å². The van der Waals surface area contributed by atoms with Crippen molar-refractivity contribution in [3.63, 3.8) is 0 Å². The molecule has 1 N–H and O–H groups in total. The first-order valence-electron chi connectivity index (χ1n) is 4.51. The Balaban J connectivity index is 2.38. The molecule has 78 valence electrons. The van der Waals surface area contributed by atoms with Gasteiger partial charge in [0.1, 0.15) is 0 Å². The summed E-state index contributed by atoms with van der Waals surface area (Å²) in [5.74, 6) is -0.874. The van der Waals surface area contributed by atoms with E-state index in [4.69, 9.17) is 15.1 Å². The molecule has 4 heteroatoms. The maximum atomic E-state index is 10.2. The Morgan fingerprint density at radius 1 is 1.53 bits per heavy atom. The van der Waals surface area contributed by atoms with Gasteiger partial charge in [-0.1, -0.05) is 12.1 Å². The zero-order valence-corrected chi connectivity index (χ0v) is 8.14. The number of carbonyl (C=O) groups is 1. The van der Waals surface area contributed by atoms with Gasteiger partial charge in [0.2, 0.25) is 0 Å². The molecule has 0 saturated heterocycles. The highest BCUT2D eigenvalue weighted by Crippen LogP contribution is 2.05. The van der Waals surface area contributed by atoms with Crippen LogP contribution >= 0.6 is 0 Å². The second kappa shape index (κ2) is 5.78. The molecule has 0 heterocycles. The fourth-order valence-corrected chi connectivity index (χ4v) is 1.08. The molecular formula is C11H11NO3. The van der Waals surface area contributed by atoms with Crippen molar-refractivity contribution in [1.82, 2.24) is 0 Å². The van der Waals surface area contributed by atoms with Crippen LogP contribution < -0.4 is 0 Å². The van der Waals surface area contributed by atoms with E-state index in [1.54, 1.807) is 18.2 Å². The zero-order chi connectivity index (χ0) is 11.1. The summed E-state index contributed by atoms with van der Waals surface area (Å²) in [6.45, 7) is 0.523. The van der Waals surface area contributed by atoms with E-state index in [0.717, 1.165) is 5.56 Å². The number of hydrogen-bond acceptors (Lipinski definition) is 3. The largest absolute Gasteiger partial charge is 0.481 e. The van der Waals surface area contributed by atoms with Crippen LogP contribution in [0, 0.1) is 11.3 Å². The van der Waals surface area contributed by atoms with Gasteiger partial charge in [0.05, 0.1) is 31.3 Å². The fourth-order valence-electron chi connectivity index (χ4n) is 1.08. The van der Waals surface area contributed by atoms with Crippen molar-refractivity contribution in [2.24, 2.45) is 0 Å². The summed E-state index contributed by atoms with van der Waals surface area (Å²) in [7, 11) is 0. The number of aliphatic carboxylic acids is 1. The molecular weight excluding hydrogens is 194 g/mol. The lowest BCUT2D eigenvalue weighted by atomic mass is 10.1. The molecule has 0 bridgehead atoms.